The molecule has 1 aliphatic rings. The quantitative estimate of drug-likeness (QED) is 0.335. The van der Waals surface area contributed by atoms with Gasteiger partial charge in [0.25, 0.3) is 0 Å². The van der Waals surface area contributed by atoms with Gasteiger partial charge < -0.3 is 20.1 Å². The molecule has 2 heterocycles. The number of anilines is 1. The van der Waals surface area contributed by atoms with Gasteiger partial charge in [0.15, 0.2) is 5.96 Å². The minimum Gasteiger partial charge on any atom is -0.368 e. The minimum absolute atomic E-state index is 0. The van der Waals surface area contributed by atoms with Crippen molar-refractivity contribution in [2.75, 3.05) is 25.0 Å². The summed E-state index contributed by atoms with van der Waals surface area (Å²) in [7, 11) is 1.81. The van der Waals surface area contributed by atoms with E-state index in [1.54, 1.807) is 0 Å². The highest BCUT2D eigenvalue weighted by Crippen LogP contribution is 2.27. The monoisotopic (exact) mass is 530 g/mol. The Labute approximate surface area is 196 Å². The zero-order chi connectivity index (χ0) is 19.9. The normalized spacial score (nSPS) is 17.2. The van der Waals surface area contributed by atoms with Gasteiger partial charge in [0.2, 0.25) is 0 Å². The van der Waals surface area contributed by atoms with Gasteiger partial charge in [-0.15, -0.1) is 24.0 Å². The van der Waals surface area contributed by atoms with Crippen LogP contribution in [0.25, 0.3) is 0 Å². The van der Waals surface area contributed by atoms with Gasteiger partial charge in [-0.1, -0.05) is 37.6 Å². The second-order valence-electron chi connectivity index (χ2n) is 7.70. The van der Waals surface area contributed by atoms with E-state index in [0.717, 1.165) is 55.0 Å². The maximum atomic E-state index is 6.39. The first-order valence-corrected chi connectivity index (χ1v) is 10.4. The number of nitrogens with zero attached hydrogens (tertiary/aromatic N) is 4. The molecule has 1 aromatic heterocycles. The third kappa shape index (κ3) is 6.77. The summed E-state index contributed by atoms with van der Waals surface area (Å²) in [5.41, 5.74) is 1.11. The van der Waals surface area contributed by atoms with Crippen molar-refractivity contribution in [2.24, 2.45) is 10.9 Å². The number of guanidine groups is 1. The van der Waals surface area contributed by atoms with Crippen LogP contribution in [0.4, 0.5) is 5.69 Å². The van der Waals surface area contributed by atoms with Gasteiger partial charge in [-0.3, -0.25) is 4.99 Å². The average Bonchev–Trinajstić information content (AvgIpc) is 3.12. The van der Waals surface area contributed by atoms with E-state index in [2.05, 4.69) is 50.0 Å². The molecule has 0 spiro atoms. The van der Waals surface area contributed by atoms with Gasteiger partial charge in [-0.2, -0.15) is 0 Å². The highest BCUT2D eigenvalue weighted by Gasteiger charge is 2.22. The van der Waals surface area contributed by atoms with E-state index in [4.69, 9.17) is 11.6 Å². The summed E-state index contributed by atoms with van der Waals surface area (Å²) in [4.78, 5) is 11.2. The molecule has 1 unspecified atom stereocenters. The van der Waals surface area contributed by atoms with Crippen LogP contribution in [0.1, 0.15) is 32.5 Å². The van der Waals surface area contributed by atoms with Crippen molar-refractivity contribution in [3.05, 3.63) is 47.5 Å². The highest BCUT2D eigenvalue weighted by molar-refractivity contribution is 14.0. The summed E-state index contributed by atoms with van der Waals surface area (Å²) < 4.78 is 2.20. The first-order valence-electron chi connectivity index (χ1n) is 10.0. The number of benzene rings is 1. The van der Waals surface area contributed by atoms with Gasteiger partial charge in [0, 0.05) is 45.1 Å². The Bertz CT molecular complexity index is 791. The van der Waals surface area contributed by atoms with Crippen LogP contribution in [0.5, 0.6) is 0 Å². The lowest BCUT2D eigenvalue weighted by molar-refractivity contribution is 0.466. The number of hydrogen-bond acceptors (Lipinski definition) is 3. The molecule has 0 radical (unpaired) electrons. The fourth-order valence-corrected chi connectivity index (χ4v) is 3.89. The maximum Gasteiger partial charge on any atom is 0.191 e. The van der Waals surface area contributed by atoms with Crippen LogP contribution in [0.3, 0.4) is 0 Å². The molecule has 1 saturated heterocycles. The molecular weight excluding hydrogens is 499 g/mol. The van der Waals surface area contributed by atoms with E-state index in [1.807, 2.05) is 37.6 Å². The molecule has 2 aromatic rings. The van der Waals surface area contributed by atoms with Crippen LogP contribution in [0.15, 0.2) is 41.7 Å². The van der Waals surface area contributed by atoms with Crippen molar-refractivity contribution < 1.29 is 0 Å². The SMILES string of the molecule is CN=C(NCc1nccn1CC(C)C)NC1CCCN(c2ccccc2Cl)C1.I. The number of aromatic nitrogens is 2. The first-order chi connectivity index (χ1) is 13.6. The Morgan fingerprint density at radius 2 is 2.14 bits per heavy atom. The minimum atomic E-state index is 0. The predicted molar refractivity (Wildman–Crippen MR) is 133 cm³/mol. The fourth-order valence-electron chi connectivity index (χ4n) is 3.64. The Balaban J connectivity index is 0.00000300. The number of rotatable bonds is 6. The van der Waals surface area contributed by atoms with Crippen molar-refractivity contribution in [1.82, 2.24) is 20.2 Å². The van der Waals surface area contributed by atoms with E-state index < -0.39 is 0 Å². The van der Waals surface area contributed by atoms with Crippen LogP contribution >= 0.6 is 35.6 Å². The molecule has 3 rings (SSSR count). The predicted octanol–water partition coefficient (Wildman–Crippen LogP) is 4.14. The lowest BCUT2D eigenvalue weighted by Crippen LogP contribution is -2.51. The van der Waals surface area contributed by atoms with Crippen LogP contribution in [-0.4, -0.2) is 41.7 Å². The standard InChI is InChI=1S/C21H31ClN6.HI/c1-16(2)14-28-12-10-24-20(28)13-25-21(23-3)26-17-7-6-11-27(15-17)19-9-5-4-8-18(19)22;/h4-5,8-10,12,16-17H,6-7,11,13-15H2,1-3H3,(H2,23,25,26);1H. The zero-order valence-electron chi connectivity index (χ0n) is 17.4. The summed E-state index contributed by atoms with van der Waals surface area (Å²) in [5.74, 6) is 2.42. The molecule has 8 heteroatoms. The summed E-state index contributed by atoms with van der Waals surface area (Å²) >= 11 is 6.39. The molecule has 0 amide bonds. The molecule has 29 heavy (non-hydrogen) atoms. The van der Waals surface area contributed by atoms with E-state index in [0.29, 0.717) is 18.5 Å². The number of halogens is 2. The van der Waals surface area contributed by atoms with Gasteiger partial charge >= 0.3 is 0 Å². The molecule has 1 aliphatic heterocycles. The van der Waals surface area contributed by atoms with Crippen LogP contribution in [-0.2, 0) is 13.1 Å². The molecule has 1 fully saturated rings. The average molecular weight is 531 g/mol. The zero-order valence-corrected chi connectivity index (χ0v) is 20.5. The second kappa shape index (κ2) is 11.6. The molecule has 2 N–H and O–H groups in total. The second-order valence-corrected chi connectivity index (χ2v) is 8.10. The number of piperidine rings is 1. The third-order valence-electron chi connectivity index (χ3n) is 4.96. The Morgan fingerprint density at radius 3 is 2.86 bits per heavy atom. The molecule has 0 saturated carbocycles. The number of nitrogens with one attached hydrogen (secondary N) is 2. The van der Waals surface area contributed by atoms with Crippen molar-refractivity contribution in [3.63, 3.8) is 0 Å². The molecule has 6 nitrogen and oxygen atoms in total. The number of imidazole rings is 1. The van der Waals surface area contributed by atoms with Crippen LogP contribution < -0.4 is 15.5 Å². The van der Waals surface area contributed by atoms with Crippen molar-refractivity contribution in [3.8, 4) is 0 Å². The molecule has 0 bridgehead atoms. The largest absolute Gasteiger partial charge is 0.368 e. The van der Waals surface area contributed by atoms with Crippen molar-refractivity contribution in [1.29, 1.82) is 0 Å². The summed E-state index contributed by atoms with van der Waals surface area (Å²) in [6.45, 7) is 7.99. The Hall–Kier alpha value is -1.48. The van der Waals surface area contributed by atoms with Crippen LogP contribution in [0.2, 0.25) is 5.02 Å². The number of para-hydroxylation sites is 1. The smallest absolute Gasteiger partial charge is 0.191 e. The summed E-state index contributed by atoms with van der Waals surface area (Å²) in [6.07, 6.45) is 6.14. The number of aliphatic imine (C=N–C) groups is 1. The van der Waals surface area contributed by atoms with E-state index >= 15 is 0 Å². The molecule has 160 valence electrons. The van der Waals surface area contributed by atoms with Crippen LogP contribution in [0, 0.1) is 5.92 Å². The first kappa shape index (κ1) is 23.8. The number of hydrogen-bond donors (Lipinski definition) is 2. The van der Waals surface area contributed by atoms with Crippen molar-refractivity contribution >= 4 is 47.2 Å². The molecule has 0 aliphatic carbocycles. The van der Waals surface area contributed by atoms with Crippen molar-refractivity contribution in [2.45, 2.75) is 45.8 Å². The Morgan fingerprint density at radius 1 is 1.34 bits per heavy atom. The molecule has 1 aromatic carbocycles. The summed E-state index contributed by atoms with van der Waals surface area (Å²) in [5, 5.41) is 7.78. The molecule has 1 atom stereocenters. The van der Waals surface area contributed by atoms with Gasteiger partial charge in [0.05, 0.1) is 17.3 Å². The maximum absolute atomic E-state index is 6.39. The molecular formula is C21H32ClIN6. The lowest BCUT2D eigenvalue weighted by Gasteiger charge is -2.35. The van der Waals surface area contributed by atoms with E-state index in [1.165, 1.54) is 0 Å². The Kier molecular flexibility index (Phi) is 9.55. The van der Waals surface area contributed by atoms with Gasteiger partial charge in [-0.25, -0.2) is 4.98 Å². The van der Waals surface area contributed by atoms with E-state index in [-0.39, 0.29) is 24.0 Å². The summed E-state index contributed by atoms with van der Waals surface area (Å²) in [6, 6.07) is 8.38. The lowest BCUT2D eigenvalue weighted by atomic mass is 10.0. The van der Waals surface area contributed by atoms with Gasteiger partial charge in [-0.05, 0) is 30.9 Å². The third-order valence-corrected chi connectivity index (χ3v) is 5.28. The highest BCUT2D eigenvalue weighted by atomic mass is 127. The van der Waals surface area contributed by atoms with Gasteiger partial charge in [0.1, 0.15) is 5.82 Å². The fraction of sp³-hybridized carbons (Fsp3) is 0.524. The topological polar surface area (TPSA) is 57.5 Å². The van der Waals surface area contributed by atoms with E-state index in [9.17, 15) is 0 Å².